The van der Waals surface area contributed by atoms with Crippen LogP contribution in [0.3, 0.4) is 0 Å². The maximum absolute atomic E-state index is 13.7. The predicted octanol–water partition coefficient (Wildman–Crippen LogP) is 3.99. The third-order valence-corrected chi connectivity index (χ3v) is 7.77. The molecule has 13 nitrogen and oxygen atoms in total. The van der Waals surface area contributed by atoms with Crippen molar-refractivity contribution >= 4 is 29.2 Å². The minimum Gasteiger partial charge on any atom is -0.476 e. The molecule has 0 radical (unpaired) electrons. The molecule has 2 N–H and O–H groups in total. The van der Waals surface area contributed by atoms with E-state index >= 15 is 0 Å². The second-order valence-electron chi connectivity index (χ2n) is 10.4. The summed E-state index contributed by atoms with van der Waals surface area (Å²) in [6.45, 7) is 1.88. The lowest BCUT2D eigenvalue weighted by Gasteiger charge is -2.23. The van der Waals surface area contributed by atoms with Gasteiger partial charge in [0.25, 0.3) is 5.56 Å². The first-order chi connectivity index (χ1) is 20.7. The van der Waals surface area contributed by atoms with Crippen LogP contribution in [0.1, 0.15) is 48.3 Å². The standard InChI is InChI=1S/C29H26ClN9O4/c1-16-4-3-5-24(17-8-9-31-21(10-17)27-22(34-28(16)41)13-33-37(27)2)38-15-32-20(12-26(38)40)19-11-18(30)6-7-25(19)39-14-23(29(42)43)35-36-39/h6-16,24H,3-5H2,1-2H3,(H,34,41)(H,42,43)/t16-,24+/m1/s1. The van der Waals surface area contributed by atoms with Gasteiger partial charge >= 0.3 is 5.97 Å². The van der Waals surface area contributed by atoms with Gasteiger partial charge in [-0.15, -0.1) is 5.10 Å². The molecular weight excluding hydrogens is 574 g/mol. The van der Waals surface area contributed by atoms with Crippen molar-refractivity contribution in [2.75, 3.05) is 5.32 Å². The number of benzene rings is 1. The number of aryl methyl sites for hydroxylation is 1. The topological polar surface area (TPSA) is 163 Å². The van der Waals surface area contributed by atoms with Gasteiger partial charge in [0.15, 0.2) is 5.69 Å². The summed E-state index contributed by atoms with van der Waals surface area (Å²) in [6.07, 6.45) is 7.95. The highest BCUT2D eigenvalue weighted by atomic mass is 35.5. The molecule has 1 aliphatic heterocycles. The van der Waals surface area contributed by atoms with Gasteiger partial charge in [0, 0.05) is 35.8 Å². The Bertz CT molecular complexity index is 1930. The molecule has 0 unspecified atom stereocenters. The summed E-state index contributed by atoms with van der Waals surface area (Å²) in [7, 11) is 1.78. The number of amides is 1. The third-order valence-electron chi connectivity index (χ3n) is 7.54. The highest BCUT2D eigenvalue weighted by Gasteiger charge is 2.24. The summed E-state index contributed by atoms with van der Waals surface area (Å²) in [4.78, 5) is 47.1. The molecule has 6 rings (SSSR count). The normalized spacial score (nSPS) is 17.0. The maximum Gasteiger partial charge on any atom is 0.358 e. The number of carboxylic acid groups (broad SMARTS) is 1. The van der Waals surface area contributed by atoms with Crippen LogP contribution in [0.2, 0.25) is 5.02 Å². The Morgan fingerprint density at radius 1 is 1.09 bits per heavy atom. The van der Waals surface area contributed by atoms with Gasteiger partial charge in [-0.1, -0.05) is 30.2 Å². The van der Waals surface area contributed by atoms with Gasteiger partial charge in [0.1, 0.15) is 5.69 Å². The first kappa shape index (κ1) is 28.0. The zero-order valence-corrected chi connectivity index (χ0v) is 23.9. The quantitative estimate of drug-likeness (QED) is 0.311. The number of aromatic carboxylic acids is 1. The Morgan fingerprint density at radius 2 is 1.93 bits per heavy atom. The molecule has 43 heavy (non-hydrogen) atoms. The highest BCUT2D eigenvalue weighted by Crippen LogP contribution is 2.33. The van der Waals surface area contributed by atoms with E-state index in [9.17, 15) is 19.5 Å². The van der Waals surface area contributed by atoms with E-state index in [2.05, 4.69) is 30.7 Å². The summed E-state index contributed by atoms with van der Waals surface area (Å²) in [5, 5.41) is 24.6. The van der Waals surface area contributed by atoms with Gasteiger partial charge in [-0.05, 0) is 48.7 Å². The lowest BCUT2D eigenvalue weighted by molar-refractivity contribution is -0.119. The van der Waals surface area contributed by atoms with Crippen molar-refractivity contribution in [2.45, 2.75) is 32.2 Å². The first-order valence-corrected chi connectivity index (χ1v) is 13.9. The summed E-state index contributed by atoms with van der Waals surface area (Å²) >= 11 is 6.30. The van der Waals surface area contributed by atoms with Crippen molar-refractivity contribution < 1.29 is 14.7 Å². The molecule has 1 aromatic carbocycles. The number of halogens is 1. The van der Waals surface area contributed by atoms with E-state index in [4.69, 9.17) is 11.6 Å². The van der Waals surface area contributed by atoms with Crippen LogP contribution in [0.15, 0.2) is 66.1 Å². The average molecular weight is 600 g/mol. The average Bonchev–Trinajstić information content (AvgIpc) is 3.62. The van der Waals surface area contributed by atoms with Crippen molar-refractivity contribution in [1.82, 2.24) is 39.3 Å². The summed E-state index contributed by atoms with van der Waals surface area (Å²) in [5.74, 6) is -1.57. The molecule has 218 valence electrons. The number of pyridine rings is 1. The van der Waals surface area contributed by atoms with Gasteiger partial charge in [-0.3, -0.25) is 23.8 Å². The molecule has 1 amide bonds. The number of hydrogen-bond acceptors (Lipinski definition) is 8. The van der Waals surface area contributed by atoms with E-state index in [-0.39, 0.29) is 29.1 Å². The zero-order chi connectivity index (χ0) is 30.2. The number of fused-ring (bicyclic) bond motifs is 4. The van der Waals surface area contributed by atoms with Crippen LogP contribution in [0, 0.1) is 5.92 Å². The van der Waals surface area contributed by atoms with Gasteiger partial charge in [-0.2, -0.15) is 5.10 Å². The molecule has 0 saturated heterocycles. The zero-order valence-electron chi connectivity index (χ0n) is 23.2. The number of carboxylic acids is 1. The molecule has 0 fully saturated rings. The number of rotatable bonds is 4. The molecule has 5 heterocycles. The number of aromatic nitrogens is 8. The van der Waals surface area contributed by atoms with E-state index in [0.29, 0.717) is 58.3 Å². The van der Waals surface area contributed by atoms with Gasteiger partial charge in [-0.25, -0.2) is 14.5 Å². The lowest BCUT2D eigenvalue weighted by atomic mass is 9.95. The van der Waals surface area contributed by atoms with Crippen LogP contribution in [0.4, 0.5) is 5.69 Å². The predicted molar refractivity (Wildman–Crippen MR) is 157 cm³/mol. The molecule has 5 aromatic rings. The van der Waals surface area contributed by atoms with Crippen LogP contribution < -0.4 is 10.9 Å². The molecule has 1 aliphatic rings. The number of hydrogen-bond donors (Lipinski definition) is 2. The Balaban J connectivity index is 1.43. The Labute approximate surface area is 249 Å². The second kappa shape index (κ2) is 11.2. The summed E-state index contributed by atoms with van der Waals surface area (Å²) in [6, 6.07) is 9.73. The maximum atomic E-state index is 13.7. The van der Waals surface area contributed by atoms with E-state index in [1.54, 1.807) is 46.9 Å². The monoisotopic (exact) mass is 599 g/mol. The third kappa shape index (κ3) is 5.42. The van der Waals surface area contributed by atoms with Crippen molar-refractivity contribution in [3.8, 4) is 28.3 Å². The van der Waals surface area contributed by atoms with Crippen LogP contribution in [-0.4, -0.2) is 56.3 Å². The number of nitrogens with zero attached hydrogens (tertiary/aromatic N) is 8. The fraction of sp³-hybridized carbons (Fsp3) is 0.241. The molecular formula is C29H26ClN9O4. The molecule has 14 heteroatoms. The highest BCUT2D eigenvalue weighted by molar-refractivity contribution is 6.31. The molecule has 0 spiro atoms. The summed E-state index contributed by atoms with van der Waals surface area (Å²) < 4.78 is 4.54. The van der Waals surface area contributed by atoms with Crippen molar-refractivity contribution in [2.24, 2.45) is 13.0 Å². The smallest absolute Gasteiger partial charge is 0.358 e. The van der Waals surface area contributed by atoms with Crippen molar-refractivity contribution in [3.63, 3.8) is 0 Å². The lowest BCUT2D eigenvalue weighted by Crippen LogP contribution is -2.26. The van der Waals surface area contributed by atoms with E-state index in [1.807, 2.05) is 19.1 Å². The molecule has 2 atom stereocenters. The number of carbonyl (C=O) groups is 2. The van der Waals surface area contributed by atoms with Crippen molar-refractivity contribution in [1.29, 1.82) is 0 Å². The largest absolute Gasteiger partial charge is 0.476 e. The van der Waals surface area contributed by atoms with Crippen LogP contribution >= 0.6 is 11.6 Å². The van der Waals surface area contributed by atoms with Crippen LogP contribution in [-0.2, 0) is 11.8 Å². The summed E-state index contributed by atoms with van der Waals surface area (Å²) in [5.41, 5.74) is 3.45. The minimum absolute atomic E-state index is 0.106. The number of nitrogens with one attached hydrogen (secondary N) is 1. The van der Waals surface area contributed by atoms with Gasteiger partial charge in [0.05, 0.1) is 47.5 Å². The van der Waals surface area contributed by atoms with Crippen LogP contribution in [0.5, 0.6) is 0 Å². The van der Waals surface area contributed by atoms with Gasteiger partial charge < -0.3 is 10.4 Å². The van der Waals surface area contributed by atoms with Gasteiger partial charge in [0.2, 0.25) is 5.91 Å². The van der Waals surface area contributed by atoms with E-state index in [1.165, 1.54) is 23.3 Å². The molecule has 0 aliphatic carbocycles. The first-order valence-electron chi connectivity index (χ1n) is 13.5. The Hall–Kier alpha value is -5.17. The van der Waals surface area contributed by atoms with Crippen molar-refractivity contribution in [3.05, 3.63) is 87.9 Å². The molecule has 2 bridgehead atoms. The minimum atomic E-state index is -1.21. The van der Waals surface area contributed by atoms with E-state index in [0.717, 1.165) is 5.56 Å². The molecule has 4 aromatic heterocycles. The number of carbonyl (C=O) groups excluding carboxylic acids is 1. The fourth-order valence-corrected chi connectivity index (χ4v) is 5.44. The Morgan fingerprint density at radius 3 is 2.70 bits per heavy atom. The fourth-order valence-electron chi connectivity index (χ4n) is 5.27. The van der Waals surface area contributed by atoms with E-state index < -0.39 is 5.97 Å². The second-order valence-corrected chi connectivity index (χ2v) is 10.8. The molecule has 0 saturated carbocycles. The van der Waals surface area contributed by atoms with Crippen LogP contribution in [0.25, 0.3) is 28.3 Å². The Kier molecular flexibility index (Phi) is 7.32. The number of anilines is 1. The SMILES string of the molecule is C[C@@H]1CCC[C@H](n2cnc(-c3cc(Cl)ccc3-n3cc(C(=O)O)nn3)cc2=O)c2ccnc(c2)-c2c(cnn2C)NC1=O.